The summed E-state index contributed by atoms with van der Waals surface area (Å²) in [6.45, 7) is 4.10. The summed E-state index contributed by atoms with van der Waals surface area (Å²) in [5.41, 5.74) is 0. The van der Waals surface area contributed by atoms with Crippen LogP contribution < -0.4 is 5.32 Å². The zero-order chi connectivity index (χ0) is 11.7. The first-order valence-corrected chi connectivity index (χ1v) is 7.05. The number of nitrogens with one attached hydrogen (secondary N) is 1. The van der Waals surface area contributed by atoms with Gasteiger partial charge in [-0.2, -0.15) is 0 Å². The Morgan fingerprint density at radius 1 is 1.35 bits per heavy atom. The third kappa shape index (κ3) is 2.25. The highest BCUT2D eigenvalue weighted by atomic mass is 16.4. The van der Waals surface area contributed by atoms with E-state index in [-0.39, 0.29) is 0 Å². The Labute approximate surface area is 103 Å². The van der Waals surface area contributed by atoms with E-state index < -0.39 is 0 Å². The molecule has 2 aliphatic carbocycles. The lowest BCUT2D eigenvalue weighted by Gasteiger charge is -2.04. The van der Waals surface area contributed by atoms with Crippen LogP contribution in [0.3, 0.4) is 0 Å². The van der Waals surface area contributed by atoms with Gasteiger partial charge in [0.15, 0.2) is 5.89 Å². The highest BCUT2D eigenvalue weighted by molar-refractivity contribution is 5.18. The van der Waals surface area contributed by atoms with Crippen LogP contribution >= 0.6 is 0 Å². The Bertz CT molecular complexity index is 362. The summed E-state index contributed by atoms with van der Waals surface area (Å²) in [7, 11) is 0. The fourth-order valence-electron chi connectivity index (χ4n) is 3.38. The maximum Gasteiger partial charge on any atom is 0.195 e. The van der Waals surface area contributed by atoms with Crippen LogP contribution in [0.1, 0.15) is 50.2 Å². The number of rotatable bonds is 5. The maximum absolute atomic E-state index is 5.89. The molecule has 1 heterocycles. The minimum Gasteiger partial charge on any atom is -0.445 e. The van der Waals surface area contributed by atoms with Crippen molar-refractivity contribution >= 4 is 0 Å². The van der Waals surface area contributed by atoms with Gasteiger partial charge in [0.1, 0.15) is 5.76 Å². The first-order valence-electron chi connectivity index (χ1n) is 7.05. The van der Waals surface area contributed by atoms with Gasteiger partial charge in [-0.15, -0.1) is 0 Å². The number of nitrogens with zero attached hydrogens (tertiary/aromatic N) is 1. The topological polar surface area (TPSA) is 38.1 Å². The van der Waals surface area contributed by atoms with Crippen molar-refractivity contribution < 1.29 is 4.42 Å². The molecule has 1 aromatic heterocycles. The summed E-state index contributed by atoms with van der Waals surface area (Å²) in [4.78, 5) is 4.40. The molecule has 1 aromatic rings. The molecule has 3 nitrogen and oxygen atoms in total. The fraction of sp³-hybridized carbons (Fsp3) is 0.786. The highest BCUT2D eigenvalue weighted by Crippen LogP contribution is 2.61. The molecule has 0 spiro atoms. The lowest BCUT2D eigenvalue weighted by Crippen LogP contribution is -2.16. The molecule has 0 saturated heterocycles. The van der Waals surface area contributed by atoms with Crippen LogP contribution in [0.2, 0.25) is 0 Å². The molecule has 1 N–H and O–H groups in total. The van der Waals surface area contributed by atoms with Crippen LogP contribution in [0.4, 0.5) is 0 Å². The summed E-state index contributed by atoms with van der Waals surface area (Å²) in [5.74, 6) is 4.60. The number of hydrogen-bond acceptors (Lipinski definition) is 3. The summed E-state index contributed by atoms with van der Waals surface area (Å²) in [5, 5.41) is 3.30. The normalized spacial score (nSPS) is 31.2. The molecule has 0 bridgehead atoms. The Kier molecular flexibility index (Phi) is 3.19. The van der Waals surface area contributed by atoms with Crippen molar-refractivity contribution in [2.75, 3.05) is 13.1 Å². The monoisotopic (exact) mass is 234 g/mol. The van der Waals surface area contributed by atoms with E-state index in [1.807, 2.05) is 6.20 Å². The van der Waals surface area contributed by atoms with Gasteiger partial charge in [0.2, 0.25) is 0 Å². The average molecular weight is 234 g/mol. The van der Waals surface area contributed by atoms with Crippen molar-refractivity contribution in [1.82, 2.24) is 10.3 Å². The van der Waals surface area contributed by atoms with Crippen LogP contribution in [0.25, 0.3) is 0 Å². The number of fused-ring (bicyclic) bond motifs is 1. The van der Waals surface area contributed by atoms with E-state index >= 15 is 0 Å². The van der Waals surface area contributed by atoms with E-state index in [2.05, 4.69) is 17.2 Å². The van der Waals surface area contributed by atoms with Gasteiger partial charge in [-0.25, -0.2) is 4.98 Å². The van der Waals surface area contributed by atoms with Crippen molar-refractivity contribution in [3.63, 3.8) is 0 Å². The Balaban J connectivity index is 1.57. The second kappa shape index (κ2) is 4.81. The van der Waals surface area contributed by atoms with Crippen molar-refractivity contribution in [3.05, 3.63) is 17.8 Å². The van der Waals surface area contributed by atoms with Crippen molar-refractivity contribution in [2.45, 2.75) is 44.9 Å². The van der Waals surface area contributed by atoms with Crippen molar-refractivity contribution in [2.24, 2.45) is 11.8 Å². The molecular weight excluding hydrogens is 212 g/mol. The van der Waals surface area contributed by atoms with E-state index in [0.29, 0.717) is 5.92 Å². The molecule has 0 aromatic carbocycles. The van der Waals surface area contributed by atoms with Gasteiger partial charge in [0, 0.05) is 18.9 Å². The number of aromatic nitrogens is 1. The maximum atomic E-state index is 5.89. The van der Waals surface area contributed by atoms with E-state index in [1.54, 1.807) is 0 Å². The molecule has 2 aliphatic rings. The molecule has 0 aliphatic heterocycles. The van der Waals surface area contributed by atoms with Crippen LogP contribution in [-0.2, 0) is 6.42 Å². The SMILES string of the molecule is CCNCCc1ncc(C2C3CCCCC32)o1. The average Bonchev–Trinajstić information content (AvgIpc) is 2.91. The van der Waals surface area contributed by atoms with Crippen molar-refractivity contribution in [3.8, 4) is 0 Å². The molecule has 94 valence electrons. The molecule has 2 saturated carbocycles. The molecule has 3 rings (SSSR count). The molecule has 3 heteroatoms. The number of oxazole rings is 1. The quantitative estimate of drug-likeness (QED) is 0.796. The summed E-state index contributed by atoms with van der Waals surface area (Å²) in [6, 6.07) is 0. The first-order chi connectivity index (χ1) is 8.40. The van der Waals surface area contributed by atoms with Gasteiger partial charge in [0.05, 0.1) is 6.20 Å². The lowest BCUT2D eigenvalue weighted by molar-refractivity contribution is 0.443. The zero-order valence-electron chi connectivity index (χ0n) is 10.6. The predicted octanol–water partition coefficient (Wildman–Crippen LogP) is 2.73. The number of likely N-dealkylation sites (N-methyl/N-ethyl adjacent to an activating group) is 1. The summed E-state index contributed by atoms with van der Waals surface area (Å²) < 4.78 is 5.89. The smallest absolute Gasteiger partial charge is 0.195 e. The van der Waals surface area contributed by atoms with Gasteiger partial charge < -0.3 is 9.73 Å². The van der Waals surface area contributed by atoms with Gasteiger partial charge in [-0.1, -0.05) is 19.8 Å². The molecule has 2 unspecified atom stereocenters. The molecule has 0 amide bonds. The highest BCUT2D eigenvalue weighted by Gasteiger charge is 2.53. The van der Waals surface area contributed by atoms with Crippen LogP contribution in [-0.4, -0.2) is 18.1 Å². The van der Waals surface area contributed by atoms with Crippen LogP contribution in [0, 0.1) is 11.8 Å². The number of hydrogen-bond donors (Lipinski definition) is 1. The van der Waals surface area contributed by atoms with E-state index in [4.69, 9.17) is 4.42 Å². The standard InChI is InChI=1S/C14H22N2O/c1-2-15-8-7-13-16-9-12(17-13)14-10-5-3-4-6-11(10)14/h9-11,14-15H,2-8H2,1H3. The Hall–Kier alpha value is -0.830. The van der Waals surface area contributed by atoms with Gasteiger partial charge in [-0.3, -0.25) is 0 Å². The second-order valence-electron chi connectivity index (χ2n) is 5.40. The molecule has 2 atom stereocenters. The van der Waals surface area contributed by atoms with Crippen molar-refractivity contribution in [1.29, 1.82) is 0 Å². The lowest BCUT2D eigenvalue weighted by atomic mass is 10.0. The molecule has 0 radical (unpaired) electrons. The van der Waals surface area contributed by atoms with E-state index in [0.717, 1.165) is 43.0 Å². The summed E-state index contributed by atoms with van der Waals surface area (Å²) >= 11 is 0. The Morgan fingerprint density at radius 2 is 2.12 bits per heavy atom. The van der Waals surface area contributed by atoms with E-state index in [9.17, 15) is 0 Å². The van der Waals surface area contributed by atoms with Crippen LogP contribution in [0.15, 0.2) is 10.6 Å². The molecular formula is C14H22N2O. The minimum atomic E-state index is 0.706. The second-order valence-corrected chi connectivity index (χ2v) is 5.40. The zero-order valence-corrected chi connectivity index (χ0v) is 10.6. The van der Waals surface area contributed by atoms with E-state index in [1.165, 1.54) is 25.7 Å². The van der Waals surface area contributed by atoms with Gasteiger partial charge >= 0.3 is 0 Å². The van der Waals surface area contributed by atoms with Gasteiger partial charge in [-0.05, 0) is 31.2 Å². The third-order valence-electron chi connectivity index (χ3n) is 4.32. The molecule has 2 fully saturated rings. The fourth-order valence-corrected chi connectivity index (χ4v) is 3.38. The molecule has 17 heavy (non-hydrogen) atoms. The third-order valence-corrected chi connectivity index (χ3v) is 4.32. The van der Waals surface area contributed by atoms with Crippen LogP contribution in [0.5, 0.6) is 0 Å². The largest absolute Gasteiger partial charge is 0.445 e. The summed E-state index contributed by atoms with van der Waals surface area (Å²) in [6.07, 6.45) is 8.53. The first kappa shape index (κ1) is 11.3. The Morgan fingerprint density at radius 3 is 2.82 bits per heavy atom. The minimum absolute atomic E-state index is 0.706. The van der Waals surface area contributed by atoms with Gasteiger partial charge in [0.25, 0.3) is 0 Å². The predicted molar refractivity (Wildman–Crippen MR) is 66.9 cm³/mol.